The first-order valence-corrected chi connectivity index (χ1v) is 6.61. The minimum atomic E-state index is -0.296. The Morgan fingerprint density at radius 3 is 2.56 bits per heavy atom. The summed E-state index contributed by atoms with van der Waals surface area (Å²) >= 11 is 0. The SMILES string of the molecule is NC(=O)C1CCCN(C(=O)CN2CCC(N)C2)C1. The molecule has 0 aromatic heterocycles. The molecule has 2 saturated heterocycles. The molecule has 0 aliphatic carbocycles. The Morgan fingerprint density at radius 2 is 1.94 bits per heavy atom. The molecular weight excluding hydrogens is 232 g/mol. The zero-order valence-electron chi connectivity index (χ0n) is 10.7. The average Bonchev–Trinajstić information content (AvgIpc) is 2.75. The van der Waals surface area contributed by atoms with Crippen molar-refractivity contribution in [2.45, 2.75) is 25.3 Å². The molecule has 2 fully saturated rings. The fourth-order valence-corrected chi connectivity index (χ4v) is 2.73. The minimum absolute atomic E-state index is 0.0926. The van der Waals surface area contributed by atoms with E-state index in [0.717, 1.165) is 38.9 Å². The topological polar surface area (TPSA) is 92.7 Å². The number of nitrogens with zero attached hydrogens (tertiary/aromatic N) is 2. The van der Waals surface area contributed by atoms with Crippen molar-refractivity contribution in [3.05, 3.63) is 0 Å². The van der Waals surface area contributed by atoms with Crippen molar-refractivity contribution in [2.24, 2.45) is 17.4 Å². The second kappa shape index (κ2) is 5.67. The van der Waals surface area contributed by atoms with Crippen molar-refractivity contribution < 1.29 is 9.59 Å². The maximum absolute atomic E-state index is 12.1. The lowest BCUT2D eigenvalue weighted by Crippen LogP contribution is -2.47. The van der Waals surface area contributed by atoms with Gasteiger partial charge in [-0.05, 0) is 19.3 Å². The Balaban J connectivity index is 1.83. The Kier molecular flexibility index (Phi) is 4.19. The molecule has 0 spiro atoms. The lowest BCUT2D eigenvalue weighted by Gasteiger charge is -2.32. The zero-order valence-corrected chi connectivity index (χ0v) is 10.7. The van der Waals surface area contributed by atoms with E-state index >= 15 is 0 Å². The fourth-order valence-electron chi connectivity index (χ4n) is 2.73. The van der Waals surface area contributed by atoms with Crippen molar-refractivity contribution in [1.82, 2.24) is 9.80 Å². The van der Waals surface area contributed by atoms with Gasteiger partial charge in [-0.15, -0.1) is 0 Å². The van der Waals surface area contributed by atoms with Gasteiger partial charge in [0.25, 0.3) is 0 Å². The molecule has 2 unspecified atom stereocenters. The van der Waals surface area contributed by atoms with Gasteiger partial charge in [0, 0.05) is 32.2 Å². The van der Waals surface area contributed by atoms with Crippen LogP contribution < -0.4 is 11.5 Å². The summed E-state index contributed by atoms with van der Waals surface area (Å²) in [5, 5.41) is 0. The van der Waals surface area contributed by atoms with Crippen LogP contribution in [0.2, 0.25) is 0 Å². The van der Waals surface area contributed by atoms with Crippen LogP contribution in [-0.2, 0) is 9.59 Å². The van der Waals surface area contributed by atoms with Gasteiger partial charge in [-0.2, -0.15) is 0 Å². The molecule has 2 aliphatic heterocycles. The highest BCUT2D eigenvalue weighted by Crippen LogP contribution is 2.17. The number of rotatable bonds is 3. The normalized spacial score (nSPS) is 29.5. The quantitative estimate of drug-likeness (QED) is 0.657. The summed E-state index contributed by atoms with van der Waals surface area (Å²) < 4.78 is 0. The number of amides is 2. The van der Waals surface area contributed by atoms with Gasteiger partial charge in [-0.1, -0.05) is 0 Å². The summed E-state index contributed by atoms with van der Waals surface area (Å²) in [4.78, 5) is 27.1. The van der Waals surface area contributed by atoms with Crippen LogP contribution in [0.5, 0.6) is 0 Å². The Morgan fingerprint density at radius 1 is 1.17 bits per heavy atom. The van der Waals surface area contributed by atoms with Crippen molar-refractivity contribution in [3.8, 4) is 0 Å². The maximum atomic E-state index is 12.1. The molecular formula is C12H22N4O2. The van der Waals surface area contributed by atoms with Gasteiger partial charge in [0.1, 0.15) is 0 Å². The first kappa shape index (κ1) is 13.3. The van der Waals surface area contributed by atoms with Gasteiger partial charge < -0.3 is 16.4 Å². The second-order valence-electron chi connectivity index (χ2n) is 5.37. The van der Waals surface area contributed by atoms with E-state index in [1.165, 1.54) is 0 Å². The van der Waals surface area contributed by atoms with Crippen LogP contribution in [0.4, 0.5) is 0 Å². The molecule has 0 aromatic carbocycles. The van der Waals surface area contributed by atoms with Crippen LogP contribution in [0.3, 0.4) is 0 Å². The van der Waals surface area contributed by atoms with E-state index in [-0.39, 0.29) is 23.8 Å². The van der Waals surface area contributed by atoms with Gasteiger partial charge in [-0.25, -0.2) is 0 Å². The Labute approximate surface area is 107 Å². The van der Waals surface area contributed by atoms with Crippen LogP contribution in [0.15, 0.2) is 0 Å². The van der Waals surface area contributed by atoms with Gasteiger partial charge in [0.15, 0.2) is 0 Å². The Hall–Kier alpha value is -1.14. The fraction of sp³-hybridized carbons (Fsp3) is 0.833. The molecule has 2 heterocycles. The minimum Gasteiger partial charge on any atom is -0.369 e. The van der Waals surface area contributed by atoms with Crippen LogP contribution in [0, 0.1) is 5.92 Å². The second-order valence-corrected chi connectivity index (χ2v) is 5.37. The monoisotopic (exact) mass is 254 g/mol. The number of hydrogen-bond acceptors (Lipinski definition) is 4. The smallest absolute Gasteiger partial charge is 0.236 e. The highest BCUT2D eigenvalue weighted by molar-refractivity contribution is 5.81. The third-order valence-electron chi connectivity index (χ3n) is 3.84. The molecule has 6 heteroatoms. The lowest BCUT2D eigenvalue weighted by molar-refractivity contribution is -0.135. The number of carbonyl (C=O) groups is 2. The molecule has 0 radical (unpaired) electrons. The van der Waals surface area contributed by atoms with E-state index in [2.05, 4.69) is 4.90 Å². The summed E-state index contributed by atoms with van der Waals surface area (Å²) in [6.07, 6.45) is 2.61. The molecule has 2 atom stereocenters. The molecule has 2 aliphatic rings. The number of piperidine rings is 1. The largest absolute Gasteiger partial charge is 0.369 e. The molecule has 2 rings (SSSR count). The first-order chi connectivity index (χ1) is 8.56. The highest BCUT2D eigenvalue weighted by atomic mass is 16.2. The standard InChI is InChI=1S/C12H22N4O2/c13-10-3-5-15(7-10)8-11(17)16-4-1-2-9(6-16)12(14)18/h9-10H,1-8,13H2,(H2,14,18). The molecule has 0 saturated carbocycles. The lowest BCUT2D eigenvalue weighted by atomic mass is 9.97. The molecule has 102 valence electrons. The molecule has 0 bridgehead atoms. The third kappa shape index (κ3) is 3.20. The molecule has 4 N–H and O–H groups in total. The molecule has 2 amide bonds. The number of likely N-dealkylation sites (tertiary alicyclic amines) is 2. The van der Waals surface area contributed by atoms with E-state index < -0.39 is 0 Å². The molecule has 18 heavy (non-hydrogen) atoms. The first-order valence-electron chi connectivity index (χ1n) is 6.61. The number of primary amides is 1. The van der Waals surface area contributed by atoms with Crippen LogP contribution in [0.1, 0.15) is 19.3 Å². The number of carbonyl (C=O) groups excluding carboxylic acids is 2. The van der Waals surface area contributed by atoms with Gasteiger partial charge >= 0.3 is 0 Å². The summed E-state index contributed by atoms with van der Waals surface area (Å²) in [6, 6.07) is 0.192. The highest BCUT2D eigenvalue weighted by Gasteiger charge is 2.29. The predicted octanol–water partition coefficient (Wildman–Crippen LogP) is -1.26. The molecule has 6 nitrogen and oxygen atoms in total. The van der Waals surface area contributed by atoms with Gasteiger partial charge in [0.2, 0.25) is 11.8 Å². The van der Waals surface area contributed by atoms with Crippen molar-refractivity contribution >= 4 is 11.8 Å². The van der Waals surface area contributed by atoms with E-state index in [0.29, 0.717) is 13.1 Å². The van der Waals surface area contributed by atoms with E-state index in [9.17, 15) is 9.59 Å². The van der Waals surface area contributed by atoms with Gasteiger partial charge in [0.05, 0.1) is 12.5 Å². The summed E-state index contributed by atoms with van der Waals surface area (Å²) in [5.74, 6) is -0.380. The summed E-state index contributed by atoms with van der Waals surface area (Å²) in [7, 11) is 0. The third-order valence-corrected chi connectivity index (χ3v) is 3.84. The van der Waals surface area contributed by atoms with Gasteiger partial charge in [-0.3, -0.25) is 14.5 Å². The van der Waals surface area contributed by atoms with E-state index in [1.807, 2.05) is 0 Å². The van der Waals surface area contributed by atoms with Crippen molar-refractivity contribution in [2.75, 3.05) is 32.7 Å². The van der Waals surface area contributed by atoms with E-state index in [1.54, 1.807) is 4.90 Å². The summed E-state index contributed by atoms with van der Waals surface area (Å²) in [5.41, 5.74) is 11.1. The Bertz CT molecular complexity index is 334. The van der Waals surface area contributed by atoms with E-state index in [4.69, 9.17) is 11.5 Å². The molecule has 0 aromatic rings. The predicted molar refractivity (Wildman–Crippen MR) is 67.5 cm³/mol. The zero-order chi connectivity index (χ0) is 13.1. The van der Waals surface area contributed by atoms with Crippen LogP contribution in [-0.4, -0.2) is 60.4 Å². The number of hydrogen-bond donors (Lipinski definition) is 2. The van der Waals surface area contributed by atoms with Crippen LogP contribution >= 0.6 is 0 Å². The van der Waals surface area contributed by atoms with Crippen molar-refractivity contribution in [3.63, 3.8) is 0 Å². The van der Waals surface area contributed by atoms with Crippen LogP contribution in [0.25, 0.3) is 0 Å². The number of nitrogens with two attached hydrogens (primary N) is 2. The summed E-state index contributed by atoms with van der Waals surface area (Å²) in [6.45, 7) is 3.31. The maximum Gasteiger partial charge on any atom is 0.236 e. The average molecular weight is 254 g/mol. The van der Waals surface area contributed by atoms with Crippen molar-refractivity contribution in [1.29, 1.82) is 0 Å².